The molecule has 0 saturated carbocycles. The van der Waals surface area contributed by atoms with Crippen LogP contribution in [0.1, 0.15) is 6.92 Å². The number of hydrogen-bond donors (Lipinski definition) is 0. The minimum Gasteiger partial charge on any atom is -0.497 e. The van der Waals surface area contributed by atoms with Gasteiger partial charge in [0.15, 0.2) is 6.10 Å². The number of amides is 2. The molecule has 29 heavy (non-hydrogen) atoms. The second-order valence-corrected chi connectivity index (χ2v) is 7.22. The van der Waals surface area contributed by atoms with E-state index in [0.29, 0.717) is 24.5 Å². The highest BCUT2D eigenvalue weighted by Crippen LogP contribution is 2.33. The van der Waals surface area contributed by atoms with Crippen molar-refractivity contribution < 1.29 is 19.1 Å². The predicted octanol–water partition coefficient (Wildman–Crippen LogP) is 2.16. The van der Waals surface area contributed by atoms with Gasteiger partial charge in [-0.15, -0.1) is 0 Å². The van der Waals surface area contributed by atoms with Crippen molar-refractivity contribution in [3.05, 3.63) is 48.5 Å². The van der Waals surface area contributed by atoms with E-state index in [1.165, 1.54) is 6.92 Å². The van der Waals surface area contributed by atoms with Gasteiger partial charge in [0.05, 0.1) is 19.3 Å². The normalized spacial score (nSPS) is 18.7. The number of nitrogens with zero attached hydrogens (tertiary/aromatic N) is 3. The Hall–Kier alpha value is -3.22. The van der Waals surface area contributed by atoms with E-state index in [2.05, 4.69) is 4.90 Å². The molecule has 2 aliphatic rings. The maximum absolute atomic E-state index is 13.1. The number of rotatable bonds is 3. The van der Waals surface area contributed by atoms with Gasteiger partial charge in [0.2, 0.25) is 5.91 Å². The Labute approximate surface area is 170 Å². The van der Waals surface area contributed by atoms with E-state index in [9.17, 15) is 9.59 Å². The Kier molecular flexibility index (Phi) is 5.29. The molecule has 2 aliphatic heterocycles. The largest absolute Gasteiger partial charge is 0.497 e. The fraction of sp³-hybridized carbons (Fsp3) is 0.364. The maximum Gasteiger partial charge on any atom is 0.265 e. The van der Waals surface area contributed by atoms with Gasteiger partial charge in [0, 0.05) is 44.9 Å². The molecule has 0 unspecified atom stereocenters. The Morgan fingerprint density at radius 1 is 1.03 bits per heavy atom. The van der Waals surface area contributed by atoms with E-state index in [1.807, 2.05) is 47.4 Å². The number of ether oxygens (including phenoxy) is 2. The van der Waals surface area contributed by atoms with Crippen LogP contribution in [0.15, 0.2) is 48.5 Å². The number of para-hydroxylation sites is 2. The van der Waals surface area contributed by atoms with Crippen LogP contribution in [0.2, 0.25) is 0 Å². The lowest BCUT2D eigenvalue weighted by Gasteiger charge is -2.40. The summed E-state index contributed by atoms with van der Waals surface area (Å²) in [6.45, 7) is 4.43. The maximum atomic E-state index is 13.1. The summed E-state index contributed by atoms with van der Waals surface area (Å²) in [6.07, 6.45) is -0.683. The molecule has 1 atom stereocenters. The molecule has 4 rings (SSSR count). The van der Waals surface area contributed by atoms with Crippen LogP contribution >= 0.6 is 0 Å². The van der Waals surface area contributed by atoms with Gasteiger partial charge in [-0.3, -0.25) is 9.59 Å². The van der Waals surface area contributed by atoms with Crippen LogP contribution in [0.25, 0.3) is 0 Å². The van der Waals surface area contributed by atoms with Crippen molar-refractivity contribution in [2.24, 2.45) is 0 Å². The Morgan fingerprint density at radius 2 is 1.79 bits per heavy atom. The summed E-state index contributed by atoms with van der Waals surface area (Å²) in [4.78, 5) is 30.9. The molecule has 0 radical (unpaired) electrons. The fourth-order valence-corrected chi connectivity index (χ4v) is 3.86. The van der Waals surface area contributed by atoms with Gasteiger partial charge in [0.25, 0.3) is 5.91 Å². The Morgan fingerprint density at radius 3 is 2.52 bits per heavy atom. The average Bonchev–Trinajstić information content (AvgIpc) is 2.78. The van der Waals surface area contributed by atoms with E-state index in [0.717, 1.165) is 24.5 Å². The number of fused-ring (bicyclic) bond motifs is 1. The molecule has 152 valence electrons. The quantitative estimate of drug-likeness (QED) is 0.797. The summed E-state index contributed by atoms with van der Waals surface area (Å²) in [5.74, 6) is 1.22. The molecular weight excluding hydrogens is 370 g/mol. The molecule has 2 amide bonds. The van der Waals surface area contributed by atoms with Crippen LogP contribution in [0.3, 0.4) is 0 Å². The Balaban J connectivity index is 1.43. The van der Waals surface area contributed by atoms with Crippen molar-refractivity contribution in [3.63, 3.8) is 0 Å². The molecule has 7 nitrogen and oxygen atoms in total. The number of anilines is 2. The van der Waals surface area contributed by atoms with Gasteiger partial charge in [-0.2, -0.15) is 0 Å². The third-order valence-corrected chi connectivity index (χ3v) is 5.44. The zero-order chi connectivity index (χ0) is 20.4. The highest BCUT2D eigenvalue weighted by Gasteiger charge is 2.35. The van der Waals surface area contributed by atoms with Crippen molar-refractivity contribution in [2.75, 3.05) is 49.6 Å². The summed E-state index contributed by atoms with van der Waals surface area (Å²) in [7, 11) is 1.66. The number of methoxy groups -OCH3 is 1. The van der Waals surface area contributed by atoms with Gasteiger partial charge >= 0.3 is 0 Å². The average molecular weight is 395 g/mol. The lowest BCUT2D eigenvalue weighted by Crippen LogP contribution is -2.56. The third kappa shape index (κ3) is 3.85. The number of benzene rings is 2. The van der Waals surface area contributed by atoms with E-state index in [4.69, 9.17) is 9.47 Å². The lowest BCUT2D eigenvalue weighted by atomic mass is 10.1. The molecule has 0 spiro atoms. The first-order valence-electron chi connectivity index (χ1n) is 9.78. The number of carbonyl (C=O) groups is 2. The first-order valence-corrected chi connectivity index (χ1v) is 9.78. The van der Waals surface area contributed by atoms with Crippen LogP contribution in [0, 0.1) is 0 Å². The first kappa shape index (κ1) is 19.1. The van der Waals surface area contributed by atoms with Crippen LogP contribution in [-0.4, -0.2) is 62.7 Å². The second-order valence-electron chi connectivity index (χ2n) is 7.22. The first-order chi connectivity index (χ1) is 14.1. The minimum atomic E-state index is -0.683. The summed E-state index contributed by atoms with van der Waals surface area (Å²) in [5, 5.41) is 0. The fourth-order valence-electron chi connectivity index (χ4n) is 3.86. The minimum absolute atomic E-state index is 0.0731. The monoisotopic (exact) mass is 395 g/mol. The Bertz CT molecular complexity index is 908. The van der Waals surface area contributed by atoms with Gasteiger partial charge in [-0.05, 0) is 24.3 Å². The van der Waals surface area contributed by atoms with E-state index < -0.39 is 6.10 Å². The van der Waals surface area contributed by atoms with Crippen molar-refractivity contribution >= 4 is 23.2 Å². The molecule has 7 heteroatoms. The SMILES string of the molecule is COc1cccc(N2CCN(C(=O)[C@@H]3CN(C(C)=O)c4ccccc4O3)CC2)c1. The summed E-state index contributed by atoms with van der Waals surface area (Å²) < 4.78 is 11.3. The molecule has 0 N–H and O–H groups in total. The molecule has 2 aromatic rings. The van der Waals surface area contributed by atoms with Crippen LogP contribution in [-0.2, 0) is 9.59 Å². The van der Waals surface area contributed by atoms with Crippen molar-refractivity contribution in [2.45, 2.75) is 13.0 Å². The van der Waals surface area contributed by atoms with E-state index in [-0.39, 0.29) is 18.4 Å². The highest BCUT2D eigenvalue weighted by molar-refractivity contribution is 5.96. The van der Waals surface area contributed by atoms with Gasteiger partial charge < -0.3 is 24.2 Å². The topological polar surface area (TPSA) is 62.3 Å². The van der Waals surface area contributed by atoms with Crippen molar-refractivity contribution in [1.29, 1.82) is 0 Å². The molecule has 2 heterocycles. The van der Waals surface area contributed by atoms with Crippen molar-refractivity contribution in [1.82, 2.24) is 4.90 Å². The highest BCUT2D eigenvalue weighted by atomic mass is 16.5. The molecule has 2 aromatic carbocycles. The molecule has 1 fully saturated rings. The van der Waals surface area contributed by atoms with Crippen LogP contribution in [0.5, 0.6) is 11.5 Å². The standard InChI is InChI=1S/C22H25N3O4/c1-16(26)25-15-21(29-20-9-4-3-8-19(20)25)22(27)24-12-10-23(11-13-24)17-6-5-7-18(14-17)28-2/h3-9,14,21H,10-13,15H2,1-2H3/t21-/m0/s1. The van der Waals surface area contributed by atoms with E-state index >= 15 is 0 Å². The van der Waals surface area contributed by atoms with Crippen molar-refractivity contribution in [3.8, 4) is 11.5 Å². The van der Waals surface area contributed by atoms with Crippen LogP contribution < -0.4 is 19.3 Å². The number of hydrogen-bond acceptors (Lipinski definition) is 5. The third-order valence-electron chi connectivity index (χ3n) is 5.44. The number of carbonyl (C=O) groups excluding carboxylic acids is 2. The van der Waals surface area contributed by atoms with E-state index in [1.54, 1.807) is 18.1 Å². The molecule has 0 aromatic heterocycles. The summed E-state index contributed by atoms with van der Waals surface area (Å²) in [6, 6.07) is 15.3. The van der Waals surface area contributed by atoms with Gasteiger partial charge in [-0.1, -0.05) is 18.2 Å². The molecule has 0 bridgehead atoms. The second kappa shape index (κ2) is 8.03. The zero-order valence-electron chi connectivity index (χ0n) is 16.7. The zero-order valence-corrected chi connectivity index (χ0v) is 16.7. The lowest BCUT2D eigenvalue weighted by molar-refractivity contribution is -0.139. The summed E-state index contributed by atoms with van der Waals surface area (Å²) in [5.41, 5.74) is 1.80. The van der Waals surface area contributed by atoms with Gasteiger partial charge in [0.1, 0.15) is 11.5 Å². The molecule has 1 saturated heterocycles. The summed E-state index contributed by atoms with van der Waals surface area (Å²) >= 11 is 0. The molecular formula is C22H25N3O4. The predicted molar refractivity (Wildman–Crippen MR) is 111 cm³/mol. The number of piperazine rings is 1. The van der Waals surface area contributed by atoms with Crippen LogP contribution in [0.4, 0.5) is 11.4 Å². The smallest absolute Gasteiger partial charge is 0.265 e. The van der Waals surface area contributed by atoms with Gasteiger partial charge in [-0.25, -0.2) is 0 Å². The molecule has 0 aliphatic carbocycles.